The summed E-state index contributed by atoms with van der Waals surface area (Å²) in [6.45, 7) is 3.00. The highest BCUT2D eigenvalue weighted by Crippen LogP contribution is 2.23. The van der Waals surface area contributed by atoms with Crippen LogP contribution in [0.4, 0.5) is 10.1 Å². The summed E-state index contributed by atoms with van der Waals surface area (Å²) >= 11 is 1.48. The fourth-order valence-electron chi connectivity index (χ4n) is 3.71. The van der Waals surface area contributed by atoms with Crippen LogP contribution in [-0.2, 0) is 11.8 Å². The van der Waals surface area contributed by atoms with E-state index in [1.54, 1.807) is 41.3 Å². The van der Waals surface area contributed by atoms with Gasteiger partial charge in [0.25, 0.3) is 5.91 Å². The first-order valence-electron chi connectivity index (χ1n) is 11.0. The van der Waals surface area contributed by atoms with Gasteiger partial charge >= 0.3 is 0 Å². The fourth-order valence-corrected chi connectivity index (χ4v) is 4.45. The standard InChI is InChI=1S/C24H26FN5O3S/c1-16(26-23(32)17-5-9-19(10-6-17)30-13-3-4-21(30)31)22-27-28-24(29(22)2)34-15-14-33-20-11-7-18(25)8-12-20/h5-12,16H,3-4,13-15H2,1-2H3,(H,26,32)/t16-/m0/s1. The number of carbonyl (C=O) groups excluding carboxylic acids is 2. The smallest absolute Gasteiger partial charge is 0.251 e. The zero-order valence-corrected chi connectivity index (χ0v) is 19.8. The number of hydrogen-bond donors (Lipinski definition) is 1. The van der Waals surface area contributed by atoms with Gasteiger partial charge in [-0.05, 0) is 61.9 Å². The first-order chi connectivity index (χ1) is 16.4. The van der Waals surface area contributed by atoms with Crippen molar-refractivity contribution in [3.8, 4) is 5.75 Å². The van der Waals surface area contributed by atoms with Crippen molar-refractivity contribution in [1.82, 2.24) is 20.1 Å². The van der Waals surface area contributed by atoms with Crippen molar-refractivity contribution in [3.63, 3.8) is 0 Å². The van der Waals surface area contributed by atoms with E-state index in [0.717, 1.165) is 12.1 Å². The maximum atomic E-state index is 13.0. The SMILES string of the molecule is C[C@H](NC(=O)c1ccc(N2CCCC2=O)cc1)c1nnc(SCCOc2ccc(F)cc2)n1C. The molecule has 2 heterocycles. The van der Waals surface area contributed by atoms with Gasteiger partial charge in [-0.25, -0.2) is 4.39 Å². The molecule has 2 amide bonds. The van der Waals surface area contributed by atoms with E-state index >= 15 is 0 Å². The number of thioether (sulfide) groups is 1. The molecule has 0 aliphatic carbocycles. The van der Waals surface area contributed by atoms with Crippen LogP contribution in [0.15, 0.2) is 53.7 Å². The van der Waals surface area contributed by atoms with Crippen molar-refractivity contribution in [1.29, 1.82) is 0 Å². The van der Waals surface area contributed by atoms with Gasteiger partial charge in [-0.3, -0.25) is 9.59 Å². The van der Waals surface area contributed by atoms with Crippen LogP contribution in [0, 0.1) is 5.82 Å². The lowest BCUT2D eigenvalue weighted by molar-refractivity contribution is -0.117. The summed E-state index contributed by atoms with van der Waals surface area (Å²) in [4.78, 5) is 26.4. The Labute approximate surface area is 201 Å². The Morgan fingerprint density at radius 3 is 2.59 bits per heavy atom. The van der Waals surface area contributed by atoms with E-state index < -0.39 is 0 Å². The molecular weight excluding hydrogens is 457 g/mol. The lowest BCUT2D eigenvalue weighted by Gasteiger charge is -2.17. The number of aromatic nitrogens is 3. The second kappa shape index (κ2) is 10.7. The van der Waals surface area contributed by atoms with Crippen molar-refractivity contribution in [2.45, 2.75) is 31.0 Å². The predicted octanol–water partition coefficient (Wildman–Crippen LogP) is 3.74. The van der Waals surface area contributed by atoms with E-state index in [0.29, 0.717) is 47.6 Å². The second-order valence-corrected chi connectivity index (χ2v) is 9.00. The molecular formula is C24H26FN5O3S. The van der Waals surface area contributed by atoms with E-state index in [9.17, 15) is 14.0 Å². The van der Waals surface area contributed by atoms with Gasteiger partial charge in [0.2, 0.25) is 5.91 Å². The molecule has 1 N–H and O–H groups in total. The Morgan fingerprint density at radius 1 is 1.18 bits per heavy atom. The van der Waals surface area contributed by atoms with Crippen LogP contribution >= 0.6 is 11.8 Å². The molecule has 34 heavy (non-hydrogen) atoms. The highest BCUT2D eigenvalue weighted by atomic mass is 32.2. The van der Waals surface area contributed by atoms with Crippen molar-refractivity contribution >= 4 is 29.3 Å². The number of carbonyl (C=O) groups is 2. The predicted molar refractivity (Wildman–Crippen MR) is 128 cm³/mol. The molecule has 8 nitrogen and oxygen atoms in total. The second-order valence-electron chi connectivity index (χ2n) is 7.94. The summed E-state index contributed by atoms with van der Waals surface area (Å²) in [6.07, 6.45) is 1.43. The Hall–Kier alpha value is -3.40. The number of anilines is 1. The topological polar surface area (TPSA) is 89.3 Å². The number of hydrogen-bond acceptors (Lipinski definition) is 6. The zero-order valence-electron chi connectivity index (χ0n) is 19.0. The molecule has 3 aromatic rings. The average molecular weight is 484 g/mol. The van der Waals surface area contributed by atoms with Crippen LogP contribution in [0.5, 0.6) is 5.75 Å². The molecule has 4 rings (SSSR count). The van der Waals surface area contributed by atoms with Gasteiger partial charge in [0.05, 0.1) is 12.6 Å². The van der Waals surface area contributed by atoms with Crippen LogP contribution in [0.25, 0.3) is 0 Å². The van der Waals surface area contributed by atoms with E-state index in [4.69, 9.17) is 4.74 Å². The minimum atomic E-state index is -0.352. The van der Waals surface area contributed by atoms with Crippen LogP contribution in [0.1, 0.15) is 42.0 Å². The molecule has 1 fully saturated rings. The Balaban J connectivity index is 1.29. The summed E-state index contributed by atoms with van der Waals surface area (Å²) in [5.74, 6) is 1.47. The molecule has 1 saturated heterocycles. The van der Waals surface area contributed by atoms with E-state index in [1.807, 2.05) is 18.5 Å². The van der Waals surface area contributed by atoms with Crippen LogP contribution < -0.4 is 15.0 Å². The van der Waals surface area contributed by atoms with Crippen LogP contribution in [0.3, 0.4) is 0 Å². The molecule has 0 unspecified atom stereocenters. The maximum absolute atomic E-state index is 13.0. The zero-order chi connectivity index (χ0) is 24.1. The summed E-state index contributed by atoms with van der Waals surface area (Å²) in [6, 6.07) is 12.6. The Bertz CT molecular complexity index is 1150. The van der Waals surface area contributed by atoms with Gasteiger partial charge in [0.1, 0.15) is 11.6 Å². The first-order valence-corrected chi connectivity index (χ1v) is 12.0. The third-order valence-corrected chi connectivity index (χ3v) is 6.50. The summed E-state index contributed by atoms with van der Waals surface area (Å²) in [5.41, 5.74) is 1.32. The van der Waals surface area contributed by atoms with Gasteiger partial charge in [0, 0.05) is 37.0 Å². The largest absolute Gasteiger partial charge is 0.493 e. The van der Waals surface area contributed by atoms with E-state index in [-0.39, 0.29) is 23.7 Å². The number of halogens is 1. The molecule has 10 heteroatoms. The molecule has 0 spiro atoms. The quantitative estimate of drug-likeness (QED) is 0.368. The lowest BCUT2D eigenvalue weighted by atomic mass is 10.1. The number of benzene rings is 2. The lowest BCUT2D eigenvalue weighted by Crippen LogP contribution is -2.28. The fraction of sp³-hybridized carbons (Fsp3) is 0.333. The van der Waals surface area contributed by atoms with Crippen molar-refractivity contribution in [2.24, 2.45) is 7.05 Å². The van der Waals surface area contributed by atoms with Crippen LogP contribution in [0.2, 0.25) is 0 Å². The minimum absolute atomic E-state index is 0.115. The van der Waals surface area contributed by atoms with Crippen LogP contribution in [-0.4, -0.2) is 45.5 Å². The molecule has 2 aromatic carbocycles. The number of nitrogens with one attached hydrogen (secondary N) is 1. The summed E-state index contributed by atoms with van der Waals surface area (Å²) < 4.78 is 20.4. The Morgan fingerprint density at radius 2 is 1.91 bits per heavy atom. The summed E-state index contributed by atoms with van der Waals surface area (Å²) in [5, 5.41) is 12.1. The van der Waals surface area contributed by atoms with Gasteiger partial charge in [-0.1, -0.05) is 11.8 Å². The van der Waals surface area contributed by atoms with Gasteiger partial charge in [-0.2, -0.15) is 0 Å². The highest BCUT2D eigenvalue weighted by molar-refractivity contribution is 7.99. The first kappa shape index (κ1) is 23.7. The third kappa shape index (κ3) is 5.56. The number of rotatable bonds is 9. The molecule has 178 valence electrons. The monoisotopic (exact) mass is 483 g/mol. The summed E-state index contributed by atoms with van der Waals surface area (Å²) in [7, 11) is 1.85. The van der Waals surface area contributed by atoms with Gasteiger partial charge in [0.15, 0.2) is 11.0 Å². The van der Waals surface area contributed by atoms with Crippen molar-refractivity contribution in [3.05, 3.63) is 65.7 Å². The number of nitrogens with zero attached hydrogens (tertiary/aromatic N) is 4. The van der Waals surface area contributed by atoms with E-state index in [2.05, 4.69) is 15.5 Å². The van der Waals surface area contributed by atoms with Gasteiger partial charge in [-0.15, -0.1) is 10.2 Å². The Kier molecular flexibility index (Phi) is 7.46. The third-order valence-electron chi connectivity index (χ3n) is 5.51. The average Bonchev–Trinajstić information content (AvgIpc) is 3.43. The molecule has 1 aliphatic heterocycles. The number of ether oxygens (including phenoxy) is 1. The molecule has 0 radical (unpaired) electrons. The van der Waals surface area contributed by atoms with Crippen molar-refractivity contribution in [2.75, 3.05) is 23.8 Å². The molecule has 1 aliphatic rings. The molecule has 0 bridgehead atoms. The maximum Gasteiger partial charge on any atom is 0.251 e. The molecule has 0 saturated carbocycles. The van der Waals surface area contributed by atoms with E-state index in [1.165, 1.54) is 23.9 Å². The van der Waals surface area contributed by atoms with Crippen molar-refractivity contribution < 1.29 is 18.7 Å². The molecule has 1 aromatic heterocycles. The number of amides is 2. The normalized spacial score (nSPS) is 14.3. The molecule has 1 atom stereocenters. The van der Waals surface area contributed by atoms with Gasteiger partial charge < -0.3 is 19.5 Å². The minimum Gasteiger partial charge on any atom is -0.493 e. The highest BCUT2D eigenvalue weighted by Gasteiger charge is 2.22.